The van der Waals surface area contributed by atoms with Crippen molar-refractivity contribution in [1.82, 2.24) is 0 Å². The Bertz CT molecular complexity index is 601. The third-order valence-corrected chi connectivity index (χ3v) is 10.0. The Labute approximate surface area is 192 Å². The van der Waals surface area contributed by atoms with Crippen LogP contribution in [0.1, 0.15) is 105 Å². The lowest BCUT2D eigenvalue weighted by Crippen LogP contribution is -2.50. The Morgan fingerprint density at radius 2 is 1.84 bits per heavy atom. The fourth-order valence-electron chi connectivity index (χ4n) is 8.22. The van der Waals surface area contributed by atoms with E-state index in [9.17, 15) is 10.2 Å². The lowest BCUT2D eigenvalue weighted by molar-refractivity contribution is -0.0511. The van der Waals surface area contributed by atoms with E-state index in [4.69, 9.17) is 4.74 Å². The van der Waals surface area contributed by atoms with Gasteiger partial charge in [0.25, 0.3) is 0 Å². The molecule has 4 rings (SSSR count). The van der Waals surface area contributed by atoms with Gasteiger partial charge in [0, 0.05) is 13.7 Å². The lowest BCUT2D eigenvalue weighted by Gasteiger charge is -2.58. The van der Waals surface area contributed by atoms with Gasteiger partial charge in [-0.3, -0.25) is 0 Å². The van der Waals surface area contributed by atoms with Gasteiger partial charge in [-0.1, -0.05) is 45.8 Å². The summed E-state index contributed by atoms with van der Waals surface area (Å²) in [5.74, 6) is 3.42. The second-order valence-corrected chi connectivity index (χ2v) is 11.3. The van der Waals surface area contributed by atoms with Crippen molar-refractivity contribution < 1.29 is 14.9 Å². The molecule has 3 fully saturated rings. The van der Waals surface area contributed by atoms with E-state index in [-0.39, 0.29) is 12.2 Å². The van der Waals surface area contributed by atoms with Crippen LogP contribution in [0, 0.1) is 34.5 Å². The highest BCUT2D eigenvalue weighted by molar-refractivity contribution is 5.25. The maximum atomic E-state index is 10.2. The van der Waals surface area contributed by atoms with Crippen molar-refractivity contribution in [3.05, 3.63) is 11.6 Å². The number of fused-ring (bicyclic) bond motifs is 5. The quantitative estimate of drug-likeness (QED) is 0.448. The number of hydrogen-bond acceptors (Lipinski definition) is 3. The molecule has 0 aromatic heterocycles. The molecule has 0 saturated heterocycles. The summed E-state index contributed by atoms with van der Waals surface area (Å²) in [7, 11) is 1.71. The summed E-state index contributed by atoms with van der Waals surface area (Å²) in [6.07, 6.45) is 16.3. The summed E-state index contributed by atoms with van der Waals surface area (Å²) in [5.41, 5.74) is 2.45. The van der Waals surface area contributed by atoms with E-state index in [1.807, 2.05) is 13.8 Å². The number of hydrogen-bond donors (Lipinski definition) is 2. The molecular formula is C28H50O3. The molecule has 0 heterocycles. The van der Waals surface area contributed by atoms with Crippen molar-refractivity contribution in [3.8, 4) is 0 Å². The largest absolute Gasteiger partial charge is 0.393 e. The third-order valence-electron chi connectivity index (χ3n) is 10.0. The fourth-order valence-corrected chi connectivity index (χ4v) is 8.22. The predicted molar refractivity (Wildman–Crippen MR) is 129 cm³/mol. The minimum Gasteiger partial charge on any atom is -0.393 e. The first-order chi connectivity index (χ1) is 14.9. The van der Waals surface area contributed by atoms with Gasteiger partial charge >= 0.3 is 0 Å². The van der Waals surface area contributed by atoms with Crippen LogP contribution in [0.4, 0.5) is 0 Å². The SMILES string of the molecule is CC.COCCC(O)CCCC1CCC2[C@@H]3CC=C4CC(O)CCC4(C)C3CCC12C. The Hall–Kier alpha value is -0.380. The number of aliphatic hydroxyl groups is 2. The highest BCUT2D eigenvalue weighted by Gasteiger charge is 2.58. The summed E-state index contributed by atoms with van der Waals surface area (Å²) in [6, 6.07) is 0. The smallest absolute Gasteiger partial charge is 0.0577 e. The maximum Gasteiger partial charge on any atom is 0.0577 e. The normalized spacial score (nSPS) is 42.4. The van der Waals surface area contributed by atoms with Crippen LogP contribution in [0.5, 0.6) is 0 Å². The molecule has 0 aromatic rings. The van der Waals surface area contributed by atoms with Gasteiger partial charge in [0.05, 0.1) is 12.2 Å². The minimum absolute atomic E-state index is 0.102. The summed E-state index contributed by atoms with van der Waals surface area (Å²) >= 11 is 0. The van der Waals surface area contributed by atoms with Crippen LogP contribution in [0.15, 0.2) is 11.6 Å². The van der Waals surface area contributed by atoms with Gasteiger partial charge in [-0.2, -0.15) is 0 Å². The molecule has 8 atom stereocenters. The average molecular weight is 435 g/mol. The Kier molecular flexibility index (Phi) is 8.71. The zero-order valence-corrected chi connectivity index (χ0v) is 21.0. The molecule has 0 spiro atoms. The second kappa shape index (κ2) is 10.7. The number of rotatable bonds is 7. The first-order valence-corrected chi connectivity index (χ1v) is 13.4. The molecular weight excluding hydrogens is 384 g/mol. The standard InChI is InChI=1S/C26H44O3.C2H6/c1-25-15-12-24-22(9-7-19-17-21(28)11-14-26(19,24)2)23(25)10-8-18(25)5-4-6-20(27)13-16-29-3;1-2/h7,18,20-24,27-28H,4-6,8-17H2,1-3H3;1-2H3/t18?,20?,21?,22-,23?,24?,25?,26?;/m0./s1. The van der Waals surface area contributed by atoms with Crippen LogP contribution in [-0.4, -0.2) is 36.1 Å². The first-order valence-electron chi connectivity index (χ1n) is 13.4. The molecule has 3 saturated carbocycles. The highest BCUT2D eigenvalue weighted by Crippen LogP contribution is 2.66. The van der Waals surface area contributed by atoms with Crippen molar-refractivity contribution >= 4 is 0 Å². The maximum absolute atomic E-state index is 10.2. The van der Waals surface area contributed by atoms with Crippen LogP contribution < -0.4 is 0 Å². The number of methoxy groups -OCH3 is 1. The topological polar surface area (TPSA) is 49.7 Å². The molecule has 0 radical (unpaired) electrons. The van der Waals surface area contributed by atoms with E-state index in [0.29, 0.717) is 17.4 Å². The van der Waals surface area contributed by atoms with Crippen LogP contribution in [0.2, 0.25) is 0 Å². The molecule has 4 aliphatic carbocycles. The zero-order chi connectivity index (χ0) is 22.6. The van der Waals surface area contributed by atoms with Crippen LogP contribution in [-0.2, 0) is 4.74 Å². The predicted octanol–water partition coefficient (Wildman–Crippen LogP) is 6.52. The van der Waals surface area contributed by atoms with E-state index < -0.39 is 0 Å². The average Bonchev–Trinajstić information content (AvgIpc) is 3.10. The summed E-state index contributed by atoms with van der Waals surface area (Å²) in [5, 5.41) is 20.3. The van der Waals surface area contributed by atoms with Crippen molar-refractivity contribution in [2.75, 3.05) is 13.7 Å². The highest BCUT2D eigenvalue weighted by atomic mass is 16.5. The second-order valence-electron chi connectivity index (χ2n) is 11.3. The molecule has 0 aliphatic heterocycles. The molecule has 2 N–H and O–H groups in total. The van der Waals surface area contributed by atoms with E-state index in [0.717, 1.165) is 55.8 Å². The van der Waals surface area contributed by atoms with Gasteiger partial charge in [0.1, 0.15) is 0 Å². The minimum atomic E-state index is -0.195. The van der Waals surface area contributed by atoms with E-state index in [1.165, 1.54) is 44.9 Å². The fraction of sp³-hybridized carbons (Fsp3) is 0.929. The van der Waals surface area contributed by atoms with Crippen LogP contribution in [0.25, 0.3) is 0 Å². The summed E-state index contributed by atoms with van der Waals surface area (Å²) in [4.78, 5) is 0. The van der Waals surface area contributed by atoms with E-state index >= 15 is 0 Å². The number of ether oxygens (including phenoxy) is 1. The number of allylic oxidation sites excluding steroid dienone is 1. The van der Waals surface area contributed by atoms with E-state index in [1.54, 1.807) is 12.7 Å². The van der Waals surface area contributed by atoms with Crippen LogP contribution >= 0.6 is 0 Å². The summed E-state index contributed by atoms with van der Waals surface area (Å²) in [6.45, 7) is 9.80. The van der Waals surface area contributed by atoms with Gasteiger partial charge in [0.2, 0.25) is 0 Å². The van der Waals surface area contributed by atoms with Gasteiger partial charge in [-0.25, -0.2) is 0 Å². The molecule has 7 unspecified atom stereocenters. The van der Waals surface area contributed by atoms with Gasteiger partial charge in [0.15, 0.2) is 0 Å². The molecule has 0 amide bonds. The number of aliphatic hydroxyl groups excluding tert-OH is 2. The monoisotopic (exact) mass is 434 g/mol. The molecule has 180 valence electrons. The first kappa shape index (κ1) is 25.2. The molecule has 3 heteroatoms. The van der Waals surface area contributed by atoms with Crippen molar-refractivity contribution in [2.45, 2.75) is 117 Å². The molecule has 0 aromatic carbocycles. The van der Waals surface area contributed by atoms with Crippen molar-refractivity contribution in [1.29, 1.82) is 0 Å². The van der Waals surface area contributed by atoms with Gasteiger partial charge < -0.3 is 14.9 Å². The molecule has 4 aliphatic rings. The van der Waals surface area contributed by atoms with Gasteiger partial charge in [-0.15, -0.1) is 0 Å². The van der Waals surface area contributed by atoms with Gasteiger partial charge in [-0.05, 0) is 105 Å². The lowest BCUT2D eigenvalue weighted by atomic mass is 9.47. The van der Waals surface area contributed by atoms with E-state index in [2.05, 4.69) is 19.9 Å². The van der Waals surface area contributed by atoms with Crippen molar-refractivity contribution in [3.63, 3.8) is 0 Å². The van der Waals surface area contributed by atoms with Crippen molar-refractivity contribution in [2.24, 2.45) is 34.5 Å². The Morgan fingerprint density at radius 3 is 2.58 bits per heavy atom. The third kappa shape index (κ3) is 4.94. The zero-order valence-electron chi connectivity index (χ0n) is 21.0. The Balaban J connectivity index is 0.00000132. The summed E-state index contributed by atoms with van der Waals surface area (Å²) < 4.78 is 5.10. The molecule has 0 bridgehead atoms. The molecule has 31 heavy (non-hydrogen) atoms. The Morgan fingerprint density at radius 1 is 1.06 bits per heavy atom. The molecule has 3 nitrogen and oxygen atoms in total. The van der Waals surface area contributed by atoms with Crippen LogP contribution in [0.3, 0.4) is 0 Å².